The van der Waals surface area contributed by atoms with Crippen LogP contribution in [0.2, 0.25) is 0 Å². The van der Waals surface area contributed by atoms with Gasteiger partial charge in [-0.15, -0.1) is 0 Å². The fourth-order valence-corrected chi connectivity index (χ4v) is 3.16. The van der Waals surface area contributed by atoms with Gasteiger partial charge < -0.3 is 5.32 Å². The van der Waals surface area contributed by atoms with E-state index < -0.39 is 0 Å². The SMILES string of the molecule is CC(C)(C)C#CCNC(=O)CCSSC(C)(C)C. The van der Waals surface area contributed by atoms with Gasteiger partial charge in [-0.2, -0.15) is 0 Å². The van der Waals surface area contributed by atoms with Crippen LogP contribution >= 0.6 is 21.6 Å². The van der Waals surface area contributed by atoms with Crippen LogP contribution in [0.4, 0.5) is 0 Å². The lowest BCUT2D eigenvalue weighted by atomic mass is 9.98. The van der Waals surface area contributed by atoms with Crippen molar-refractivity contribution in [2.24, 2.45) is 5.41 Å². The molecular formula is C14H25NOS2. The highest BCUT2D eigenvalue weighted by atomic mass is 33.1. The summed E-state index contributed by atoms with van der Waals surface area (Å²) in [5.74, 6) is 7.00. The third kappa shape index (κ3) is 13.8. The van der Waals surface area contributed by atoms with Crippen molar-refractivity contribution in [3.63, 3.8) is 0 Å². The number of carbonyl (C=O) groups is 1. The molecule has 0 radical (unpaired) electrons. The van der Waals surface area contributed by atoms with E-state index in [1.165, 1.54) is 0 Å². The van der Waals surface area contributed by atoms with Crippen LogP contribution in [-0.2, 0) is 4.79 Å². The van der Waals surface area contributed by atoms with Crippen LogP contribution in [0.15, 0.2) is 0 Å². The van der Waals surface area contributed by atoms with Crippen LogP contribution in [-0.4, -0.2) is 23.0 Å². The maximum atomic E-state index is 11.5. The van der Waals surface area contributed by atoms with E-state index in [-0.39, 0.29) is 16.1 Å². The third-order valence-corrected chi connectivity index (χ3v) is 4.90. The van der Waals surface area contributed by atoms with Crippen molar-refractivity contribution in [3.8, 4) is 11.8 Å². The second-order valence-corrected chi connectivity index (χ2v) is 9.34. The Labute approximate surface area is 120 Å². The molecule has 0 unspecified atom stereocenters. The van der Waals surface area contributed by atoms with E-state index in [2.05, 4.69) is 58.7 Å². The Morgan fingerprint density at radius 3 is 2.28 bits per heavy atom. The average molecular weight is 287 g/mol. The number of carbonyl (C=O) groups excluding carboxylic acids is 1. The molecule has 0 heterocycles. The van der Waals surface area contributed by atoms with Gasteiger partial charge in [0.2, 0.25) is 5.91 Å². The van der Waals surface area contributed by atoms with Crippen molar-refractivity contribution >= 4 is 27.5 Å². The van der Waals surface area contributed by atoms with Gasteiger partial charge in [-0.25, -0.2) is 0 Å². The zero-order chi connectivity index (χ0) is 14.2. The van der Waals surface area contributed by atoms with Crippen LogP contribution in [0, 0.1) is 17.3 Å². The highest BCUT2D eigenvalue weighted by Crippen LogP contribution is 2.35. The number of rotatable bonds is 5. The largest absolute Gasteiger partial charge is 0.345 e. The number of hydrogen-bond donors (Lipinski definition) is 1. The molecule has 18 heavy (non-hydrogen) atoms. The lowest BCUT2D eigenvalue weighted by Crippen LogP contribution is -2.24. The minimum atomic E-state index is 0.00390. The molecule has 0 aromatic heterocycles. The van der Waals surface area contributed by atoms with Crippen LogP contribution in [0.25, 0.3) is 0 Å². The summed E-state index contributed by atoms with van der Waals surface area (Å²) >= 11 is 0. The van der Waals surface area contributed by atoms with E-state index in [4.69, 9.17) is 0 Å². The second-order valence-electron chi connectivity index (χ2n) is 6.10. The Balaban J connectivity index is 3.64. The summed E-state index contributed by atoms with van der Waals surface area (Å²) in [6, 6.07) is 0. The van der Waals surface area contributed by atoms with Gasteiger partial charge in [-0.1, -0.05) is 54.2 Å². The molecule has 0 aromatic carbocycles. The first-order chi connectivity index (χ1) is 8.10. The molecule has 0 aliphatic rings. The fourth-order valence-electron chi connectivity index (χ4n) is 0.893. The zero-order valence-electron chi connectivity index (χ0n) is 12.3. The van der Waals surface area contributed by atoms with Gasteiger partial charge in [0.05, 0.1) is 6.54 Å². The molecule has 1 N–H and O–H groups in total. The summed E-state index contributed by atoms with van der Waals surface area (Å²) in [7, 11) is 3.57. The van der Waals surface area contributed by atoms with Crippen molar-refractivity contribution in [2.75, 3.05) is 12.3 Å². The zero-order valence-corrected chi connectivity index (χ0v) is 14.0. The Bertz CT molecular complexity index is 315. The van der Waals surface area contributed by atoms with Crippen molar-refractivity contribution in [1.82, 2.24) is 5.32 Å². The van der Waals surface area contributed by atoms with E-state index >= 15 is 0 Å². The van der Waals surface area contributed by atoms with E-state index in [9.17, 15) is 4.79 Å². The van der Waals surface area contributed by atoms with Gasteiger partial charge in [0, 0.05) is 22.3 Å². The Hall–Kier alpha value is -0.270. The molecule has 0 atom stereocenters. The smallest absolute Gasteiger partial charge is 0.221 e. The highest BCUT2D eigenvalue weighted by molar-refractivity contribution is 8.77. The molecule has 0 aromatic rings. The van der Waals surface area contributed by atoms with E-state index in [1.54, 1.807) is 10.8 Å². The summed E-state index contributed by atoms with van der Waals surface area (Å²) < 4.78 is 0.249. The lowest BCUT2D eigenvalue weighted by Gasteiger charge is -2.15. The number of amides is 1. The summed E-state index contributed by atoms with van der Waals surface area (Å²) in [6.07, 6.45) is 0.560. The monoisotopic (exact) mass is 287 g/mol. The molecule has 0 aliphatic heterocycles. The summed E-state index contributed by atoms with van der Waals surface area (Å²) in [5, 5.41) is 2.82. The number of nitrogens with one attached hydrogen (secondary N) is 1. The van der Waals surface area contributed by atoms with E-state index in [0.29, 0.717) is 13.0 Å². The molecule has 0 saturated heterocycles. The highest BCUT2D eigenvalue weighted by Gasteiger charge is 2.11. The molecule has 0 saturated carbocycles. The maximum Gasteiger partial charge on any atom is 0.221 e. The minimum absolute atomic E-state index is 0.00390. The normalized spacial score (nSPS) is 11.7. The van der Waals surface area contributed by atoms with E-state index in [0.717, 1.165) is 5.75 Å². The quantitative estimate of drug-likeness (QED) is 0.475. The first kappa shape index (κ1) is 17.7. The lowest BCUT2D eigenvalue weighted by molar-refractivity contribution is -0.120. The Kier molecular flexibility index (Phi) is 7.89. The molecule has 0 rings (SSSR count). The predicted molar refractivity (Wildman–Crippen MR) is 84.7 cm³/mol. The topological polar surface area (TPSA) is 29.1 Å². The molecule has 104 valence electrons. The average Bonchev–Trinajstić information content (AvgIpc) is 2.17. The molecule has 4 heteroatoms. The predicted octanol–water partition coefficient (Wildman–Crippen LogP) is 3.72. The Morgan fingerprint density at radius 2 is 1.78 bits per heavy atom. The molecule has 0 spiro atoms. The van der Waals surface area contributed by atoms with Crippen molar-refractivity contribution in [2.45, 2.75) is 52.7 Å². The minimum Gasteiger partial charge on any atom is -0.345 e. The van der Waals surface area contributed by atoms with E-state index in [1.807, 2.05) is 10.8 Å². The maximum absolute atomic E-state index is 11.5. The van der Waals surface area contributed by atoms with Gasteiger partial charge in [0.1, 0.15) is 0 Å². The summed E-state index contributed by atoms with van der Waals surface area (Å²) in [5.41, 5.74) is 0.00390. The van der Waals surface area contributed by atoms with Gasteiger partial charge >= 0.3 is 0 Å². The molecule has 2 nitrogen and oxygen atoms in total. The molecule has 0 fully saturated rings. The molecular weight excluding hydrogens is 262 g/mol. The summed E-state index contributed by atoms with van der Waals surface area (Å²) in [6.45, 7) is 13.1. The van der Waals surface area contributed by atoms with Gasteiger partial charge in [0.15, 0.2) is 0 Å². The van der Waals surface area contributed by atoms with Gasteiger partial charge in [-0.05, 0) is 20.8 Å². The summed E-state index contributed by atoms with van der Waals surface area (Å²) in [4.78, 5) is 11.5. The third-order valence-electron chi connectivity index (χ3n) is 1.56. The van der Waals surface area contributed by atoms with Crippen molar-refractivity contribution in [1.29, 1.82) is 0 Å². The van der Waals surface area contributed by atoms with Crippen molar-refractivity contribution < 1.29 is 4.79 Å². The fraction of sp³-hybridized carbons (Fsp3) is 0.786. The Morgan fingerprint density at radius 1 is 1.17 bits per heavy atom. The number of hydrogen-bond acceptors (Lipinski definition) is 3. The first-order valence-corrected chi connectivity index (χ1v) is 8.49. The van der Waals surface area contributed by atoms with Crippen LogP contribution in [0.5, 0.6) is 0 Å². The standard InChI is InChI=1S/C14H25NOS2/c1-13(2,3)9-7-10-15-12(16)8-11-17-18-14(4,5)6/h8,10-11H2,1-6H3,(H,15,16). The second kappa shape index (κ2) is 8.01. The molecule has 0 bridgehead atoms. The molecule has 0 aliphatic carbocycles. The first-order valence-electron chi connectivity index (χ1n) is 6.17. The van der Waals surface area contributed by atoms with Crippen LogP contribution in [0.3, 0.4) is 0 Å². The van der Waals surface area contributed by atoms with Crippen molar-refractivity contribution in [3.05, 3.63) is 0 Å². The van der Waals surface area contributed by atoms with Gasteiger partial charge in [0.25, 0.3) is 0 Å². The molecule has 1 amide bonds. The van der Waals surface area contributed by atoms with Crippen LogP contribution in [0.1, 0.15) is 48.0 Å². The van der Waals surface area contributed by atoms with Gasteiger partial charge in [-0.3, -0.25) is 4.79 Å². The van der Waals surface area contributed by atoms with Crippen LogP contribution < -0.4 is 5.32 Å².